The Kier molecular flexibility index (Phi) is 10.0. The van der Waals surface area contributed by atoms with Crippen molar-refractivity contribution < 1.29 is 20.1 Å². The number of hydrogen-bond acceptors (Lipinski definition) is 3. The molecule has 4 heteroatoms. The summed E-state index contributed by atoms with van der Waals surface area (Å²) in [5, 5.41) is 28.1. The molecule has 0 fully saturated rings. The lowest BCUT2D eigenvalue weighted by atomic mass is 9.81. The molecule has 4 nitrogen and oxygen atoms in total. The standard InChI is InChI=1S/C26H38O2.C3H6O2/c1-17(19-11-13-23(27)21(15-19)25(3,4)5)9-10-18(2)20-12-14-24(28)22(16-20)26(6,7)8;1-2-3(4)5/h11-18,27-28H,9-10H2,1-8H3;2H2,1H3,(H,4,5). The van der Waals surface area contributed by atoms with Crippen LogP contribution in [0.2, 0.25) is 0 Å². The second-order valence-corrected chi connectivity index (χ2v) is 11.2. The highest BCUT2D eigenvalue weighted by atomic mass is 16.4. The summed E-state index contributed by atoms with van der Waals surface area (Å²) in [7, 11) is 0. The van der Waals surface area contributed by atoms with Crippen LogP contribution in [0.1, 0.15) is 116 Å². The van der Waals surface area contributed by atoms with Gasteiger partial charge in [0.05, 0.1) is 0 Å². The molecule has 0 aromatic heterocycles. The number of carbonyl (C=O) groups is 1. The zero-order valence-electron chi connectivity index (χ0n) is 22.0. The van der Waals surface area contributed by atoms with E-state index < -0.39 is 5.97 Å². The number of benzene rings is 2. The Hall–Kier alpha value is -2.49. The van der Waals surface area contributed by atoms with Crippen LogP contribution in [-0.4, -0.2) is 21.3 Å². The molecule has 2 rings (SSSR count). The Morgan fingerprint density at radius 1 is 0.758 bits per heavy atom. The molecule has 0 saturated carbocycles. The summed E-state index contributed by atoms with van der Waals surface area (Å²) >= 11 is 0. The fraction of sp³-hybridized carbons (Fsp3) is 0.552. The Morgan fingerprint density at radius 3 is 1.30 bits per heavy atom. The van der Waals surface area contributed by atoms with Crippen LogP contribution >= 0.6 is 0 Å². The third-order valence-electron chi connectivity index (χ3n) is 6.13. The minimum Gasteiger partial charge on any atom is -0.508 e. The van der Waals surface area contributed by atoms with Crippen LogP contribution in [-0.2, 0) is 15.6 Å². The molecule has 0 spiro atoms. The van der Waals surface area contributed by atoms with Gasteiger partial charge in [-0.2, -0.15) is 0 Å². The third kappa shape index (κ3) is 8.75. The van der Waals surface area contributed by atoms with E-state index in [1.807, 2.05) is 12.1 Å². The van der Waals surface area contributed by atoms with E-state index in [0.717, 1.165) is 24.0 Å². The molecular weight excluding hydrogens is 412 g/mol. The quantitative estimate of drug-likeness (QED) is 0.413. The number of carboxylic acid groups (broad SMARTS) is 1. The fourth-order valence-electron chi connectivity index (χ4n) is 3.76. The number of hydrogen-bond donors (Lipinski definition) is 3. The molecule has 0 amide bonds. The first kappa shape index (κ1) is 28.5. The zero-order chi connectivity index (χ0) is 25.6. The van der Waals surface area contributed by atoms with Gasteiger partial charge in [0, 0.05) is 6.42 Å². The maximum atomic E-state index is 10.2. The Morgan fingerprint density at radius 2 is 1.06 bits per heavy atom. The molecule has 2 aromatic carbocycles. The van der Waals surface area contributed by atoms with Crippen LogP contribution in [0, 0.1) is 0 Å². The van der Waals surface area contributed by atoms with Crippen LogP contribution in [0.25, 0.3) is 0 Å². The minimum absolute atomic E-state index is 0.0670. The summed E-state index contributed by atoms with van der Waals surface area (Å²) in [5.74, 6) is 0.892. The van der Waals surface area contributed by atoms with Crippen LogP contribution in [0.3, 0.4) is 0 Å². The molecule has 0 aliphatic rings. The molecule has 2 unspecified atom stereocenters. The summed E-state index contributed by atoms with van der Waals surface area (Å²) in [6.07, 6.45) is 2.39. The summed E-state index contributed by atoms with van der Waals surface area (Å²) < 4.78 is 0. The molecule has 0 aliphatic heterocycles. The predicted octanol–water partition coefficient (Wildman–Crippen LogP) is 7.86. The topological polar surface area (TPSA) is 77.8 Å². The van der Waals surface area contributed by atoms with Gasteiger partial charge in [-0.05, 0) is 69.9 Å². The summed E-state index contributed by atoms with van der Waals surface area (Å²) in [6.45, 7) is 18.9. The lowest BCUT2D eigenvalue weighted by Gasteiger charge is -2.24. The monoisotopic (exact) mass is 456 g/mol. The third-order valence-corrected chi connectivity index (χ3v) is 6.13. The van der Waals surface area contributed by atoms with Crippen molar-refractivity contribution in [2.75, 3.05) is 0 Å². The van der Waals surface area contributed by atoms with Gasteiger partial charge in [0.25, 0.3) is 0 Å². The molecule has 33 heavy (non-hydrogen) atoms. The molecular formula is C29H44O4. The second-order valence-electron chi connectivity index (χ2n) is 11.2. The maximum Gasteiger partial charge on any atom is 0.303 e. The first-order chi connectivity index (χ1) is 15.1. The first-order valence-corrected chi connectivity index (χ1v) is 12.0. The number of phenols is 2. The average Bonchev–Trinajstić information content (AvgIpc) is 2.71. The highest BCUT2D eigenvalue weighted by molar-refractivity contribution is 5.66. The van der Waals surface area contributed by atoms with E-state index in [9.17, 15) is 15.0 Å². The lowest BCUT2D eigenvalue weighted by Crippen LogP contribution is -2.12. The molecule has 2 atom stereocenters. The molecule has 2 aromatic rings. The Bertz CT molecular complexity index is 847. The van der Waals surface area contributed by atoms with Crippen molar-refractivity contribution in [3.63, 3.8) is 0 Å². The van der Waals surface area contributed by atoms with Crippen molar-refractivity contribution in [2.24, 2.45) is 0 Å². The molecule has 0 heterocycles. The van der Waals surface area contributed by atoms with Crippen molar-refractivity contribution in [3.8, 4) is 11.5 Å². The van der Waals surface area contributed by atoms with E-state index >= 15 is 0 Å². The highest BCUT2D eigenvalue weighted by Crippen LogP contribution is 2.37. The SMILES string of the molecule is CC(CCC(C)c1ccc(O)c(C(C)(C)C)c1)c1ccc(O)c(C(C)(C)C)c1.CCC(=O)O. The molecule has 3 N–H and O–H groups in total. The van der Waals surface area contributed by atoms with Gasteiger partial charge in [-0.15, -0.1) is 0 Å². The van der Waals surface area contributed by atoms with Crippen molar-refractivity contribution in [1.29, 1.82) is 0 Å². The van der Waals surface area contributed by atoms with Gasteiger partial charge in [0.2, 0.25) is 0 Å². The summed E-state index contributed by atoms with van der Waals surface area (Å²) in [4.78, 5) is 9.37. The lowest BCUT2D eigenvalue weighted by molar-refractivity contribution is -0.136. The van der Waals surface area contributed by atoms with E-state index in [1.54, 1.807) is 6.92 Å². The van der Waals surface area contributed by atoms with Crippen LogP contribution in [0.5, 0.6) is 11.5 Å². The van der Waals surface area contributed by atoms with Gasteiger partial charge in [0.15, 0.2) is 0 Å². The van der Waals surface area contributed by atoms with Gasteiger partial charge < -0.3 is 15.3 Å². The smallest absolute Gasteiger partial charge is 0.303 e. The first-order valence-electron chi connectivity index (χ1n) is 12.0. The number of aromatic hydroxyl groups is 2. The van der Waals surface area contributed by atoms with Crippen molar-refractivity contribution in [3.05, 3.63) is 58.7 Å². The van der Waals surface area contributed by atoms with Crippen LogP contribution < -0.4 is 0 Å². The van der Waals surface area contributed by atoms with Gasteiger partial charge in [0.1, 0.15) is 11.5 Å². The number of carboxylic acids is 1. The molecule has 0 aliphatic carbocycles. The second kappa shape index (κ2) is 11.6. The summed E-state index contributed by atoms with van der Waals surface area (Å²) in [5.41, 5.74) is 4.47. The van der Waals surface area contributed by atoms with E-state index in [4.69, 9.17) is 5.11 Å². The van der Waals surface area contributed by atoms with Crippen molar-refractivity contribution in [1.82, 2.24) is 0 Å². The zero-order valence-corrected chi connectivity index (χ0v) is 22.0. The number of phenolic OH excluding ortho intramolecular Hbond substituents is 2. The van der Waals surface area contributed by atoms with Crippen LogP contribution in [0.15, 0.2) is 36.4 Å². The number of rotatable bonds is 6. The molecule has 0 saturated heterocycles. The number of aliphatic carboxylic acids is 1. The van der Waals surface area contributed by atoms with Gasteiger partial charge >= 0.3 is 5.97 Å². The molecule has 0 bridgehead atoms. The van der Waals surface area contributed by atoms with E-state index in [1.165, 1.54) is 11.1 Å². The van der Waals surface area contributed by atoms with E-state index in [0.29, 0.717) is 23.3 Å². The largest absolute Gasteiger partial charge is 0.508 e. The van der Waals surface area contributed by atoms with E-state index in [-0.39, 0.29) is 17.3 Å². The summed E-state index contributed by atoms with van der Waals surface area (Å²) in [6, 6.07) is 12.1. The Labute approximate surface area is 200 Å². The minimum atomic E-state index is -0.745. The molecule has 0 radical (unpaired) electrons. The van der Waals surface area contributed by atoms with Gasteiger partial charge in [-0.25, -0.2) is 0 Å². The fourth-order valence-corrected chi connectivity index (χ4v) is 3.76. The van der Waals surface area contributed by atoms with E-state index in [2.05, 4.69) is 79.7 Å². The van der Waals surface area contributed by atoms with Crippen LogP contribution in [0.4, 0.5) is 0 Å². The van der Waals surface area contributed by atoms with Crippen molar-refractivity contribution >= 4 is 5.97 Å². The highest BCUT2D eigenvalue weighted by Gasteiger charge is 2.21. The maximum absolute atomic E-state index is 10.2. The average molecular weight is 457 g/mol. The Balaban J connectivity index is 0.000000981. The normalized spacial score (nSPS) is 13.6. The van der Waals surface area contributed by atoms with Gasteiger partial charge in [-0.1, -0.05) is 86.6 Å². The van der Waals surface area contributed by atoms with Gasteiger partial charge in [-0.3, -0.25) is 4.79 Å². The predicted molar refractivity (Wildman–Crippen MR) is 138 cm³/mol. The molecule has 184 valence electrons. The van der Waals surface area contributed by atoms with Crippen molar-refractivity contribution in [2.45, 2.75) is 104 Å².